The largest absolute Gasteiger partial charge is 0.351 e. The van der Waals surface area contributed by atoms with Crippen LogP contribution in [-0.2, 0) is 0 Å². The molecular weight excluding hydrogens is 240 g/mol. The summed E-state index contributed by atoms with van der Waals surface area (Å²) in [6, 6.07) is 3.28. The molecule has 1 amide bonds. The number of halogens is 1. The fourth-order valence-electron chi connectivity index (χ4n) is 1.36. The van der Waals surface area contributed by atoms with Gasteiger partial charge in [-0.1, -0.05) is 11.6 Å². The average Bonchev–Trinajstić information content (AvgIpc) is 2.28. The normalized spacial score (nSPS) is 10.3. The van der Waals surface area contributed by atoms with Gasteiger partial charge >= 0.3 is 0 Å². The van der Waals surface area contributed by atoms with Crippen molar-refractivity contribution in [2.24, 2.45) is 5.73 Å². The molecule has 1 rings (SSSR count). The molecule has 0 fully saturated rings. The molecule has 1 heterocycles. The Morgan fingerprint density at radius 2 is 2.18 bits per heavy atom. The van der Waals surface area contributed by atoms with Crippen LogP contribution in [0.2, 0.25) is 5.15 Å². The van der Waals surface area contributed by atoms with Gasteiger partial charge in [0.2, 0.25) is 0 Å². The number of rotatable bonds is 6. The predicted molar refractivity (Wildman–Crippen MR) is 68.2 cm³/mol. The van der Waals surface area contributed by atoms with Gasteiger partial charge in [0.05, 0.1) is 11.3 Å². The Morgan fingerprint density at radius 1 is 1.41 bits per heavy atom. The molecule has 0 atom stereocenters. The van der Waals surface area contributed by atoms with Crippen molar-refractivity contribution in [3.05, 3.63) is 28.5 Å². The molecule has 0 bridgehead atoms. The van der Waals surface area contributed by atoms with Gasteiger partial charge in [0, 0.05) is 26.2 Å². The molecule has 4 N–H and O–H groups in total. The fraction of sp³-hybridized carbons (Fsp3) is 0.455. The minimum Gasteiger partial charge on any atom is -0.351 e. The molecule has 6 heteroatoms. The van der Waals surface area contributed by atoms with Crippen molar-refractivity contribution in [1.82, 2.24) is 15.6 Å². The first-order chi connectivity index (χ1) is 8.15. The van der Waals surface area contributed by atoms with E-state index in [1.807, 2.05) is 0 Å². The highest BCUT2D eigenvalue weighted by Gasteiger charge is 2.09. The summed E-state index contributed by atoms with van der Waals surface area (Å²) in [5, 5.41) is 6.27. The summed E-state index contributed by atoms with van der Waals surface area (Å²) in [5.74, 6) is -0.138. The van der Waals surface area contributed by atoms with Crippen LogP contribution in [0, 0.1) is 6.92 Å². The maximum absolute atomic E-state index is 11.8. The molecule has 17 heavy (non-hydrogen) atoms. The third kappa shape index (κ3) is 4.68. The minimum absolute atomic E-state index is 0.138. The molecule has 0 aromatic carbocycles. The van der Waals surface area contributed by atoms with E-state index in [4.69, 9.17) is 17.3 Å². The van der Waals surface area contributed by atoms with Crippen LogP contribution in [0.5, 0.6) is 0 Å². The number of aromatic nitrogens is 1. The first-order valence-electron chi connectivity index (χ1n) is 5.47. The monoisotopic (exact) mass is 256 g/mol. The number of carbonyl (C=O) groups is 1. The van der Waals surface area contributed by atoms with E-state index in [9.17, 15) is 4.79 Å². The highest BCUT2D eigenvalue weighted by Crippen LogP contribution is 2.10. The van der Waals surface area contributed by atoms with Crippen LogP contribution in [-0.4, -0.2) is 37.1 Å². The van der Waals surface area contributed by atoms with Crippen molar-refractivity contribution >= 4 is 17.5 Å². The number of aryl methyl sites for hydroxylation is 1. The lowest BCUT2D eigenvalue weighted by Crippen LogP contribution is -2.34. The lowest BCUT2D eigenvalue weighted by Gasteiger charge is -2.07. The smallest absolute Gasteiger partial charge is 0.253 e. The summed E-state index contributed by atoms with van der Waals surface area (Å²) in [7, 11) is 0. The minimum atomic E-state index is -0.138. The summed E-state index contributed by atoms with van der Waals surface area (Å²) < 4.78 is 0. The van der Waals surface area contributed by atoms with Crippen LogP contribution in [0.1, 0.15) is 16.1 Å². The molecule has 94 valence electrons. The second-order valence-electron chi connectivity index (χ2n) is 3.56. The van der Waals surface area contributed by atoms with Crippen molar-refractivity contribution in [2.75, 3.05) is 26.2 Å². The Bertz CT molecular complexity index is 384. The second-order valence-corrected chi connectivity index (χ2v) is 3.95. The third-order valence-corrected chi connectivity index (χ3v) is 2.42. The molecule has 0 saturated heterocycles. The van der Waals surface area contributed by atoms with E-state index < -0.39 is 0 Å². The zero-order valence-corrected chi connectivity index (χ0v) is 10.5. The van der Waals surface area contributed by atoms with E-state index in [1.54, 1.807) is 19.1 Å². The molecule has 0 spiro atoms. The molecule has 0 saturated carbocycles. The molecule has 0 radical (unpaired) electrons. The molecule has 0 aliphatic heterocycles. The van der Waals surface area contributed by atoms with Gasteiger partial charge in [-0.05, 0) is 19.1 Å². The van der Waals surface area contributed by atoms with Crippen LogP contribution < -0.4 is 16.4 Å². The van der Waals surface area contributed by atoms with Gasteiger partial charge in [0.1, 0.15) is 5.15 Å². The molecule has 1 aromatic rings. The Kier molecular flexibility index (Phi) is 5.90. The number of nitrogens with zero attached hydrogens (tertiary/aromatic N) is 1. The van der Waals surface area contributed by atoms with E-state index in [0.717, 1.165) is 6.54 Å². The van der Waals surface area contributed by atoms with Crippen LogP contribution in [0.15, 0.2) is 12.1 Å². The topological polar surface area (TPSA) is 80.0 Å². The van der Waals surface area contributed by atoms with Gasteiger partial charge in [0.15, 0.2) is 0 Å². The zero-order valence-electron chi connectivity index (χ0n) is 9.79. The van der Waals surface area contributed by atoms with E-state index >= 15 is 0 Å². The quantitative estimate of drug-likeness (QED) is 0.506. The number of hydrogen-bond acceptors (Lipinski definition) is 4. The Balaban J connectivity index is 2.42. The zero-order chi connectivity index (χ0) is 12.7. The van der Waals surface area contributed by atoms with E-state index in [-0.39, 0.29) is 5.91 Å². The molecule has 5 nitrogen and oxygen atoms in total. The fourth-order valence-corrected chi connectivity index (χ4v) is 1.55. The van der Waals surface area contributed by atoms with Gasteiger partial charge < -0.3 is 16.4 Å². The summed E-state index contributed by atoms with van der Waals surface area (Å²) in [6.45, 7) is 4.35. The number of carbonyl (C=O) groups excluding carboxylic acids is 1. The summed E-state index contributed by atoms with van der Waals surface area (Å²) >= 11 is 5.72. The summed E-state index contributed by atoms with van der Waals surface area (Å²) in [5.41, 5.74) is 6.50. The third-order valence-electron chi connectivity index (χ3n) is 2.20. The van der Waals surface area contributed by atoms with Gasteiger partial charge in [-0.15, -0.1) is 0 Å². The highest BCUT2D eigenvalue weighted by molar-refractivity contribution is 6.29. The molecule has 1 aromatic heterocycles. The number of nitrogens with two attached hydrogens (primary N) is 1. The van der Waals surface area contributed by atoms with Crippen molar-refractivity contribution < 1.29 is 4.79 Å². The molecule has 0 aliphatic carbocycles. The van der Waals surface area contributed by atoms with Crippen LogP contribution in [0.25, 0.3) is 0 Å². The van der Waals surface area contributed by atoms with Crippen molar-refractivity contribution in [2.45, 2.75) is 6.92 Å². The van der Waals surface area contributed by atoms with Crippen molar-refractivity contribution in [3.63, 3.8) is 0 Å². The maximum Gasteiger partial charge on any atom is 0.253 e. The van der Waals surface area contributed by atoms with E-state index in [2.05, 4.69) is 15.6 Å². The first kappa shape index (κ1) is 13.9. The van der Waals surface area contributed by atoms with Gasteiger partial charge in [0.25, 0.3) is 5.91 Å². The average molecular weight is 257 g/mol. The van der Waals surface area contributed by atoms with Crippen molar-refractivity contribution in [3.8, 4) is 0 Å². The number of nitrogens with one attached hydrogen (secondary N) is 2. The number of hydrogen-bond donors (Lipinski definition) is 3. The van der Waals surface area contributed by atoms with Gasteiger partial charge in [-0.3, -0.25) is 4.79 Å². The number of amides is 1. The Morgan fingerprint density at radius 3 is 2.82 bits per heavy atom. The standard InChI is InChI=1S/C11H17ClN4O/c1-8-9(2-3-10(12)16-8)11(17)15-7-6-14-5-4-13/h2-3,14H,4-7,13H2,1H3,(H,15,17). The summed E-state index contributed by atoms with van der Waals surface area (Å²) in [6.07, 6.45) is 0. The van der Waals surface area contributed by atoms with E-state index in [0.29, 0.717) is 36.0 Å². The van der Waals surface area contributed by atoms with Gasteiger partial charge in [-0.2, -0.15) is 0 Å². The van der Waals surface area contributed by atoms with E-state index in [1.165, 1.54) is 0 Å². The first-order valence-corrected chi connectivity index (χ1v) is 5.85. The molecule has 0 aliphatic rings. The van der Waals surface area contributed by atoms with Crippen molar-refractivity contribution in [1.29, 1.82) is 0 Å². The van der Waals surface area contributed by atoms with Crippen LogP contribution >= 0.6 is 11.6 Å². The van der Waals surface area contributed by atoms with Crippen LogP contribution in [0.3, 0.4) is 0 Å². The highest BCUT2D eigenvalue weighted by atomic mass is 35.5. The summed E-state index contributed by atoms with van der Waals surface area (Å²) in [4.78, 5) is 15.8. The Hall–Kier alpha value is -1.17. The molecular formula is C11H17ClN4O. The lowest BCUT2D eigenvalue weighted by atomic mass is 10.2. The Labute approximate surface area is 106 Å². The van der Waals surface area contributed by atoms with Gasteiger partial charge in [-0.25, -0.2) is 4.98 Å². The lowest BCUT2D eigenvalue weighted by molar-refractivity contribution is 0.0953. The SMILES string of the molecule is Cc1nc(Cl)ccc1C(=O)NCCNCCN. The maximum atomic E-state index is 11.8. The molecule has 0 unspecified atom stereocenters. The predicted octanol–water partition coefficient (Wildman–Crippen LogP) is 0.322. The van der Waals surface area contributed by atoms with Crippen LogP contribution in [0.4, 0.5) is 0 Å². The second kappa shape index (κ2) is 7.21. The number of pyridine rings is 1.